The third kappa shape index (κ3) is 4.11. The van der Waals surface area contributed by atoms with E-state index in [4.69, 9.17) is 14.7 Å². The van der Waals surface area contributed by atoms with Gasteiger partial charge in [-0.15, -0.1) is 0 Å². The molecule has 0 bridgehead atoms. The third-order valence-corrected chi connectivity index (χ3v) is 4.44. The first-order valence-electron chi connectivity index (χ1n) is 8.52. The van der Waals surface area contributed by atoms with Crippen LogP contribution in [0.3, 0.4) is 0 Å². The zero-order chi connectivity index (χ0) is 18.5. The van der Waals surface area contributed by atoms with Gasteiger partial charge in [0.25, 0.3) is 0 Å². The van der Waals surface area contributed by atoms with Gasteiger partial charge >= 0.3 is 5.97 Å². The van der Waals surface area contributed by atoms with Crippen LogP contribution in [-0.2, 0) is 11.4 Å². The lowest BCUT2D eigenvalue weighted by Gasteiger charge is -2.28. The van der Waals surface area contributed by atoms with Crippen molar-refractivity contribution < 1.29 is 23.9 Å². The minimum Gasteiger partial charge on any atom is -0.496 e. The first kappa shape index (κ1) is 18.1. The number of carboxylic acids is 1. The number of carbonyl (C=O) groups is 1. The summed E-state index contributed by atoms with van der Waals surface area (Å²) in [6.07, 6.45) is 7.44. The number of aromatic carboxylic acids is 1. The number of hydroxylamine groups is 1. The van der Waals surface area contributed by atoms with Gasteiger partial charge < -0.3 is 9.84 Å². The Morgan fingerprint density at radius 2 is 2.12 bits per heavy atom. The van der Waals surface area contributed by atoms with Crippen LogP contribution in [0, 0.1) is 5.82 Å². The fourth-order valence-electron chi connectivity index (χ4n) is 3.08. The number of benzene rings is 1. The van der Waals surface area contributed by atoms with Gasteiger partial charge in [-0.2, -0.15) is 0 Å². The number of pyridine rings is 1. The van der Waals surface area contributed by atoms with Gasteiger partial charge in [-0.1, -0.05) is 12.8 Å². The van der Waals surface area contributed by atoms with Crippen molar-refractivity contribution in [2.24, 2.45) is 0 Å². The number of methoxy groups -OCH3 is 1. The summed E-state index contributed by atoms with van der Waals surface area (Å²) in [6.45, 7) is 0.305. The third-order valence-electron chi connectivity index (χ3n) is 4.44. The second-order valence-corrected chi connectivity index (χ2v) is 6.21. The first-order chi connectivity index (χ1) is 12.6. The van der Waals surface area contributed by atoms with Crippen LogP contribution in [-0.4, -0.2) is 29.3 Å². The molecule has 0 unspecified atom stereocenters. The average Bonchev–Trinajstić information content (AvgIpc) is 3.14. The van der Waals surface area contributed by atoms with E-state index in [2.05, 4.69) is 4.98 Å². The van der Waals surface area contributed by atoms with Gasteiger partial charge in [0.05, 0.1) is 31.0 Å². The number of halogens is 1. The lowest BCUT2D eigenvalue weighted by molar-refractivity contribution is 0.0335. The molecule has 1 fully saturated rings. The van der Waals surface area contributed by atoms with Gasteiger partial charge in [-0.25, -0.2) is 14.2 Å². The second kappa shape index (κ2) is 8.14. The van der Waals surface area contributed by atoms with E-state index in [0.29, 0.717) is 18.0 Å². The van der Waals surface area contributed by atoms with Crippen molar-refractivity contribution in [3.05, 3.63) is 53.6 Å². The average molecular weight is 360 g/mol. The molecule has 3 rings (SSSR count). The molecule has 7 heteroatoms. The van der Waals surface area contributed by atoms with Crippen molar-refractivity contribution in [2.45, 2.75) is 38.3 Å². The lowest BCUT2D eigenvalue weighted by atomic mass is 10.2. The predicted octanol–water partition coefficient (Wildman–Crippen LogP) is 3.81. The first-order valence-corrected chi connectivity index (χ1v) is 8.52. The molecule has 1 N–H and O–H groups in total. The van der Waals surface area contributed by atoms with E-state index < -0.39 is 11.8 Å². The molecule has 2 aromatic rings. The number of hydrogen-bond donors (Lipinski definition) is 1. The minimum absolute atomic E-state index is 0.0554. The highest BCUT2D eigenvalue weighted by Gasteiger charge is 2.22. The Morgan fingerprint density at radius 3 is 2.77 bits per heavy atom. The van der Waals surface area contributed by atoms with Gasteiger partial charge in [0.2, 0.25) is 0 Å². The zero-order valence-electron chi connectivity index (χ0n) is 14.5. The fraction of sp³-hybridized carbons (Fsp3) is 0.368. The highest BCUT2D eigenvalue weighted by atomic mass is 19.1. The van der Waals surface area contributed by atoms with Crippen LogP contribution in [0.2, 0.25) is 0 Å². The van der Waals surface area contributed by atoms with Crippen LogP contribution in [0.4, 0.5) is 10.1 Å². The molecule has 0 amide bonds. The molecular weight excluding hydrogens is 339 g/mol. The number of aromatic nitrogens is 1. The number of hydrogen-bond acceptors (Lipinski definition) is 5. The van der Waals surface area contributed by atoms with E-state index in [1.807, 2.05) is 0 Å². The smallest absolute Gasteiger partial charge is 0.338 e. The fourth-order valence-corrected chi connectivity index (χ4v) is 3.08. The topological polar surface area (TPSA) is 71.9 Å². The van der Waals surface area contributed by atoms with E-state index >= 15 is 0 Å². The maximum atomic E-state index is 14.2. The summed E-state index contributed by atoms with van der Waals surface area (Å²) in [4.78, 5) is 21.3. The summed E-state index contributed by atoms with van der Waals surface area (Å²) in [7, 11) is 1.57. The monoisotopic (exact) mass is 360 g/mol. The Balaban J connectivity index is 1.90. The molecule has 26 heavy (non-hydrogen) atoms. The number of ether oxygens (including phenoxy) is 1. The number of carboxylic acid groups (broad SMARTS) is 1. The molecule has 1 aliphatic rings. The van der Waals surface area contributed by atoms with Gasteiger partial charge in [-0.05, 0) is 31.0 Å². The highest BCUT2D eigenvalue weighted by Crippen LogP contribution is 2.29. The quantitative estimate of drug-likeness (QED) is 0.757. The largest absolute Gasteiger partial charge is 0.496 e. The van der Waals surface area contributed by atoms with Crippen LogP contribution in [0.25, 0.3) is 0 Å². The number of rotatable bonds is 7. The van der Waals surface area contributed by atoms with Gasteiger partial charge in [0.15, 0.2) is 0 Å². The van der Waals surface area contributed by atoms with Gasteiger partial charge in [-0.3, -0.25) is 9.82 Å². The van der Waals surface area contributed by atoms with Gasteiger partial charge in [0.1, 0.15) is 11.6 Å². The van der Waals surface area contributed by atoms with E-state index in [9.17, 15) is 9.18 Å². The molecule has 138 valence electrons. The summed E-state index contributed by atoms with van der Waals surface area (Å²) in [5, 5.41) is 10.6. The van der Waals surface area contributed by atoms with E-state index in [1.165, 1.54) is 12.1 Å². The molecule has 0 spiro atoms. The molecule has 0 aliphatic heterocycles. The molecule has 1 aromatic heterocycles. The predicted molar refractivity (Wildman–Crippen MR) is 93.7 cm³/mol. The van der Waals surface area contributed by atoms with Crippen molar-refractivity contribution in [1.29, 1.82) is 0 Å². The highest BCUT2D eigenvalue weighted by molar-refractivity contribution is 5.88. The molecule has 1 saturated carbocycles. The number of nitrogens with zero attached hydrogens (tertiary/aromatic N) is 2. The molecule has 1 aliphatic carbocycles. The molecule has 6 nitrogen and oxygen atoms in total. The number of anilines is 1. The normalized spacial score (nSPS) is 14.4. The van der Waals surface area contributed by atoms with Crippen molar-refractivity contribution >= 4 is 11.7 Å². The van der Waals surface area contributed by atoms with E-state index in [1.54, 1.807) is 36.7 Å². The molecular formula is C19H21FN2O4. The Hall–Kier alpha value is -2.67. The zero-order valence-corrected chi connectivity index (χ0v) is 14.5. The molecule has 0 atom stereocenters. The van der Waals surface area contributed by atoms with E-state index in [0.717, 1.165) is 31.2 Å². The van der Waals surface area contributed by atoms with Crippen LogP contribution in [0.1, 0.15) is 41.6 Å². The maximum Gasteiger partial charge on any atom is 0.338 e. The molecule has 0 saturated heterocycles. The molecule has 1 aromatic carbocycles. The van der Waals surface area contributed by atoms with Crippen molar-refractivity contribution in [1.82, 2.24) is 4.98 Å². The standard InChI is InChI=1S/C19H21FN2O4/c1-25-18-8-9-21-11-13(18)12-22(26-15-4-2-3-5-15)14-6-7-16(19(23)24)17(20)10-14/h6-11,15H,2-5,12H2,1H3,(H,23,24). The summed E-state index contributed by atoms with van der Waals surface area (Å²) in [5.41, 5.74) is 0.870. The summed E-state index contributed by atoms with van der Waals surface area (Å²) in [5.74, 6) is -1.44. The SMILES string of the molecule is COc1ccncc1CN(OC1CCCC1)c1ccc(C(=O)O)c(F)c1. The summed E-state index contributed by atoms with van der Waals surface area (Å²) >= 11 is 0. The van der Waals surface area contributed by atoms with Crippen LogP contribution >= 0.6 is 0 Å². The Bertz CT molecular complexity index is 778. The van der Waals surface area contributed by atoms with Crippen LogP contribution < -0.4 is 9.80 Å². The Labute approximate surface area is 151 Å². The molecule has 0 radical (unpaired) electrons. The Kier molecular flexibility index (Phi) is 5.68. The summed E-state index contributed by atoms with van der Waals surface area (Å²) in [6, 6.07) is 5.72. The van der Waals surface area contributed by atoms with Crippen molar-refractivity contribution in [2.75, 3.05) is 12.2 Å². The van der Waals surface area contributed by atoms with Crippen molar-refractivity contribution in [3.8, 4) is 5.75 Å². The van der Waals surface area contributed by atoms with E-state index in [-0.39, 0.29) is 11.7 Å². The van der Waals surface area contributed by atoms with Crippen molar-refractivity contribution in [3.63, 3.8) is 0 Å². The minimum atomic E-state index is -1.30. The van der Waals surface area contributed by atoms with Crippen LogP contribution in [0.5, 0.6) is 5.75 Å². The Morgan fingerprint density at radius 1 is 1.35 bits per heavy atom. The van der Waals surface area contributed by atoms with Gasteiger partial charge in [0, 0.05) is 24.0 Å². The lowest BCUT2D eigenvalue weighted by Crippen LogP contribution is -2.28. The van der Waals surface area contributed by atoms with Crippen LogP contribution in [0.15, 0.2) is 36.7 Å². The maximum absolute atomic E-state index is 14.2. The summed E-state index contributed by atoms with van der Waals surface area (Å²) < 4.78 is 19.5. The molecule has 1 heterocycles. The second-order valence-electron chi connectivity index (χ2n) is 6.21.